The van der Waals surface area contributed by atoms with Crippen LogP contribution < -0.4 is 20.9 Å². The van der Waals surface area contributed by atoms with E-state index in [-0.39, 0.29) is 12.1 Å². The minimum atomic E-state index is -0.518. The van der Waals surface area contributed by atoms with Crippen molar-refractivity contribution in [3.63, 3.8) is 0 Å². The highest BCUT2D eigenvalue weighted by Gasteiger charge is 2.44. The SMILES string of the molecule is CC(C)Oc1ccc(CN2CCOC[C@@]3(Cc4c(N)nc(N)nc4O3)C2)cc1. The van der Waals surface area contributed by atoms with Gasteiger partial charge in [0.05, 0.1) is 24.9 Å². The average molecular weight is 385 g/mol. The van der Waals surface area contributed by atoms with E-state index in [4.69, 9.17) is 25.7 Å². The molecule has 1 atom stereocenters. The van der Waals surface area contributed by atoms with Crippen molar-refractivity contribution in [2.75, 3.05) is 37.8 Å². The van der Waals surface area contributed by atoms with Gasteiger partial charge in [-0.1, -0.05) is 12.1 Å². The van der Waals surface area contributed by atoms with Gasteiger partial charge >= 0.3 is 0 Å². The molecule has 8 nitrogen and oxygen atoms in total. The van der Waals surface area contributed by atoms with Gasteiger partial charge in [-0.05, 0) is 31.5 Å². The van der Waals surface area contributed by atoms with Crippen molar-refractivity contribution < 1.29 is 14.2 Å². The highest BCUT2D eigenvalue weighted by molar-refractivity contribution is 5.52. The average Bonchev–Trinajstić information content (AvgIpc) is 2.86. The zero-order chi connectivity index (χ0) is 19.7. The number of rotatable bonds is 4. The van der Waals surface area contributed by atoms with Crippen LogP contribution >= 0.6 is 0 Å². The summed E-state index contributed by atoms with van der Waals surface area (Å²) in [6.45, 7) is 7.53. The summed E-state index contributed by atoms with van der Waals surface area (Å²) < 4.78 is 17.8. The summed E-state index contributed by atoms with van der Waals surface area (Å²) in [4.78, 5) is 10.6. The molecular weight excluding hydrogens is 358 g/mol. The number of aromatic nitrogens is 2. The fraction of sp³-hybridized carbons (Fsp3) is 0.500. The molecular formula is C20H27N5O3. The maximum Gasteiger partial charge on any atom is 0.225 e. The lowest BCUT2D eigenvalue weighted by molar-refractivity contribution is -0.00264. The van der Waals surface area contributed by atoms with E-state index in [0.29, 0.717) is 37.9 Å². The molecule has 2 aliphatic rings. The van der Waals surface area contributed by atoms with Crippen molar-refractivity contribution >= 4 is 11.8 Å². The van der Waals surface area contributed by atoms with E-state index in [9.17, 15) is 0 Å². The van der Waals surface area contributed by atoms with Crippen LogP contribution in [0.3, 0.4) is 0 Å². The van der Waals surface area contributed by atoms with Gasteiger partial charge in [-0.15, -0.1) is 0 Å². The molecule has 0 radical (unpaired) electrons. The zero-order valence-electron chi connectivity index (χ0n) is 16.4. The molecule has 1 aromatic carbocycles. The number of anilines is 2. The van der Waals surface area contributed by atoms with Crippen molar-refractivity contribution in [2.24, 2.45) is 0 Å². The lowest BCUT2D eigenvalue weighted by Crippen LogP contribution is -2.48. The van der Waals surface area contributed by atoms with Crippen LogP contribution in [0.25, 0.3) is 0 Å². The number of fused-ring (bicyclic) bond motifs is 1. The Morgan fingerprint density at radius 2 is 2.00 bits per heavy atom. The summed E-state index contributed by atoms with van der Waals surface area (Å²) in [5.74, 6) is 1.88. The molecule has 150 valence electrons. The quantitative estimate of drug-likeness (QED) is 0.817. The molecule has 3 heterocycles. The summed E-state index contributed by atoms with van der Waals surface area (Å²) >= 11 is 0. The molecule has 0 saturated carbocycles. The van der Waals surface area contributed by atoms with Gasteiger partial charge in [0.1, 0.15) is 11.6 Å². The second kappa shape index (κ2) is 7.44. The minimum absolute atomic E-state index is 0.128. The maximum atomic E-state index is 6.21. The van der Waals surface area contributed by atoms with Crippen molar-refractivity contribution in [2.45, 2.75) is 38.5 Å². The first-order valence-corrected chi connectivity index (χ1v) is 9.59. The van der Waals surface area contributed by atoms with Crippen LogP contribution in [-0.4, -0.2) is 52.9 Å². The van der Waals surface area contributed by atoms with Crippen LogP contribution in [-0.2, 0) is 17.7 Å². The van der Waals surface area contributed by atoms with Crippen molar-refractivity contribution in [1.82, 2.24) is 14.9 Å². The van der Waals surface area contributed by atoms with Gasteiger partial charge in [0.2, 0.25) is 11.8 Å². The van der Waals surface area contributed by atoms with Crippen LogP contribution in [0.2, 0.25) is 0 Å². The minimum Gasteiger partial charge on any atom is -0.491 e. The molecule has 0 amide bonds. The first-order chi connectivity index (χ1) is 13.4. The number of ether oxygens (including phenoxy) is 3. The Morgan fingerprint density at radius 3 is 2.75 bits per heavy atom. The van der Waals surface area contributed by atoms with Gasteiger partial charge in [0, 0.05) is 26.1 Å². The Balaban J connectivity index is 1.47. The van der Waals surface area contributed by atoms with E-state index in [0.717, 1.165) is 24.4 Å². The number of benzene rings is 1. The van der Waals surface area contributed by atoms with E-state index in [1.54, 1.807) is 0 Å². The predicted molar refractivity (Wildman–Crippen MR) is 106 cm³/mol. The first-order valence-electron chi connectivity index (χ1n) is 9.59. The largest absolute Gasteiger partial charge is 0.491 e. The van der Waals surface area contributed by atoms with Crippen LogP contribution in [0.4, 0.5) is 11.8 Å². The molecule has 8 heteroatoms. The number of hydrogen-bond acceptors (Lipinski definition) is 8. The van der Waals surface area contributed by atoms with Crippen LogP contribution in [0.15, 0.2) is 24.3 Å². The van der Waals surface area contributed by atoms with Crippen LogP contribution in [0.1, 0.15) is 25.0 Å². The zero-order valence-corrected chi connectivity index (χ0v) is 16.4. The summed E-state index contributed by atoms with van der Waals surface area (Å²) in [5.41, 5.74) is 13.3. The van der Waals surface area contributed by atoms with Gasteiger partial charge < -0.3 is 25.7 Å². The Hall–Kier alpha value is -2.58. The van der Waals surface area contributed by atoms with Gasteiger partial charge in [-0.25, -0.2) is 0 Å². The topological polar surface area (TPSA) is 109 Å². The van der Waals surface area contributed by atoms with Crippen molar-refractivity contribution in [3.8, 4) is 11.6 Å². The molecule has 1 fully saturated rings. The molecule has 1 spiro atoms. The molecule has 0 unspecified atom stereocenters. The summed E-state index contributed by atoms with van der Waals surface area (Å²) in [6, 6.07) is 8.23. The first kappa shape index (κ1) is 18.8. The molecule has 4 N–H and O–H groups in total. The van der Waals surface area contributed by atoms with Crippen LogP contribution in [0.5, 0.6) is 11.6 Å². The van der Waals surface area contributed by atoms with Gasteiger partial charge in [-0.2, -0.15) is 9.97 Å². The smallest absolute Gasteiger partial charge is 0.225 e. The summed E-state index contributed by atoms with van der Waals surface area (Å²) in [7, 11) is 0. The van der Waals surface area contributed by atoms with E-state index >= 15 is 0 Å². The Labute approximate surface area is 164 Å². The molecule has 2 aliphatic heterocycles. The molecule has 4 rings (SSSR count). The monoisotopic (exact) mass is 385 g/mol. The van der Waals surface area contributed by atoms with Crippen molar-refractivity contribution in [1.29, 1.82) is 0 Å². The van der Waals surface area contributed by atoms with E-state index < -0.39 is 5.60 Å². The molecule has 0 aliphatic carbocycles. The number of hydrogen-bond donors (Lipinski definition) is 2. The third kappa shape index (κ3) is 3.98. The molecule has 2 aromatic rings. The second-order valence-electron chi connectivity index (χ2n) is 7.79. The predicted octanol–water partition coefficient (Wildman–Crippen LogP) is 1.63. The molecule has 1 aromatic heterocycles. The number of nitrogen functional groups attached to an aromatic ring is 2. The number of nitrogens with zero attached hydrogens (tertiary/aromatic N) is 3. The van der Waals surface area contributed by atoms with E-state index in [2.05, 4.69) is 27.0 Å². The van der Waals surface area contributed by atoms with E-state index in [1.165, 1.54) is 5.56 Å². The maximum absolute atomic E-state index is 6.21. The highest BCUT2D eigenvalue weighted by Crippen LogP contribution is 2.38. The summed E-state index contributed by atoms with van der Waals surface area (Å²) in [5, 5.41) is 0. The highest BCUT2D eigenvalue weighted by atomic mass is 16.6. The summed E-state index contributed by atoms with van der Waals surface area (Å²) in [6.07, 6.45) is 0.783. The Kier molecular flexibility index (Phi) is 4.99. The fourth-order valence-electron chi connectivity index (χ4n) is 3.80. The third-order valence-electron chi connectivity index (χ3n) is 4.96. The lowest BCUT2D eigenvalue weighted by Gasteiger charge is -2.31. The fourth-order valence-corrected chi connectivity index (χ4v) is 3.80. The molecule has 28 heavy (non-hydrogen) atoms. The number of nitrogens with two attached hydrogens (primary N) is 2. The van der Waals surface area contributed by atoms with Gasteiger partial charge in [0.15, 0.2) is 5.60 Å². The van der Waals surface area contributed by atoms with Gasteiger partial charge in [0.25, 0.3) is 0 Å². The standard InChI is InChI=1S/C20H27N5O3/c1-13(2)27-15-5-3-14(4-6-15)10-25-7-8-26-12-20(11-25)9-16-17(21)23-19(22)24-18(16)28-20/h3-6,13H,7-12H2,1-2H3,(H4,21,22,23,24)/t20-/m1/s1. The molecule has 1 saturated heterocycles. The van der Waals surface area contributed by atoms with Crippen LogP contribution in [0, 0.1) is 0 Å². The normalized spacial score (nSPS) is 22.1. The van der Waals surface area contributed by atoms with E-state index in [1.807, 2.05) is 26.0 Å². The van der Waals surface area contributed by atoms with Gasteiger partial charge in [-0.3, -0.25) is 4.90 Å². The molecule has 0 bridgehead atoms. The van der Waals surface area contributed by atoms with Crippen molar-refractivity contribution in [3.05, 3.63) is 35.4 Å². The third-order valence-corrected chi connectivity index (χ3v) is 4.96. The lowest BCUT2D eigenvalue weighted by atomic mass is 9.97. The second-order valence-corrected chi connectivity index (χ2v) is 7.79. The Bertz CT molecular complexity index is 842. The Morgan fingerprint density at radius 1 is 1.21 bits per heavy atom.